The molecule has 1 N–H and O–H groups in total. The second-order valence-corrected chi connectivity index (χ2v) is 4.65. The van der Waals surface area contributed by atoms with Crippen molar-refractivity contribution in [3.05, 3.63) is 6.07 Å². The van der Waals surface area contributed by atoms with Gasteiger partial charge in [0.1, 0.15) is 5.82 Å². The normalized spacial score (nSPS) is 10.2. The van der Waals surface area contributed by atoms with Crippen molar-refractivity contribution in [2.75, 3.05) is 25.3 Å². The first-order valence-electron chi connectivity index (χ1n) is 5.74. The van der Waals surface area contributed by atoms with Crippen LogP contribution in [0.2, 0.25) is 0 Å². The van der Waals surface area contributed by atoms with Crippen molar-refractivity contribution in [1.29, 1.82) is 0 Å². The summed E-state index contributed by atoms with van der Waals surface area (Å²) in [5.74, 6) is 0.469. The van der Waals surface area contributed by atoms with Crippen LogP contribution in [0.1, 0.15) is 0 Å². The Bertz CT molecular complexity index is 611. The molecule has 2 aromatic rings. The number of ether oxygens (including phenoxy) is 2. The van der Waals surface area contributed by atoms with Gasteiger partial charge in [-0.1, -0.05) is 11.8 Å². The molecule has 0 aliphatic rings. The smallest absolute Gasteiger partial charge is 0.321 e. The highest BCUT2D eigenvalue weighted by Crippen LogP contribution is 2.18. The highest BCUT2D eigenvalue weighted by atomic mass is 32.2. The van der Waals surface area contributed by atoms with Crippen LogP contribution < -0.4 is 14.8 Å². The predicted octanol–water partition coefficient (Wildman–Crippen LogP) is -0.252. The minimum atomic E-state index is -0.259. The van der Waals surface area contributed by atoms with Gasteiger partial charge in [0.2, 0.25) is 16.9 Å². The summed E-state index contributed by atoms with van der Waals surface area (Å²) < 4.78 is 11.4. The van der Waals surface area contributed by atoms with E-state index in [9.17, 15) is 4.79 Å². The van der Waals surface area contributed by atoms with E-state index in [1.54, 1.807) is 7.05 Å². The van der Waals surface area contributed by atoms with E-state index < -0.39 is 0 Å². The topological polar surface area (TPSA) is 117 Å². The molecule has 0 aromatic carbocycles. The first-order chi connectivity index (χ1) is 10.1. The Hall–Kier alpha value is -2.43. The second kappa shape index (κ2) is 6.83. The molecule has 0 bridgehead atoms. The zero-order valence-corrected chi connectivity index (χ0v) is 12.4. The molecule has 0 spiro atoms. The van der Waals surface area contributed by atoms with Crippen molar-refractivity contribution in [2.24, 2.45) is 7.05 Å². The molecule has 2 aromatic heterocycles. The van der Waals surface area contributed by atoms with Gasteiger partial charge in [-0.15, -0.1) is 5.10 Å². The van der Waals surface area contributed by atoms with Gasteiger partial charge in [-0.05, 0) is 10.4 Å². The number of carbonyl (C=O) groups excluding carboxylic acids is 1. The highest BCUT2D eigenvalue weighted by molar-refractivity contribution is 7.99. The standard InChI is InChI=1S/C10H13N7O3S/c1-17-10(14-15-16-17)21-5-7(18)11-6-4-8(19-2)13-9(12-6)20-3/h4H,5H2,1-3H3,(H,11,12,13,18). The van der Waals surface area contributed by atoms with Crippen molar-refractivity contribution in [3.8, 4) is 11.9 Å². The molecule has 0 aliphatic heterocycles. The summed E-state index contributed by atoms with van der Waals surface area (Å²) in [7, 11) is 4.59. The van der Waals surface area contributed by atoms with E-state index in [1.165, 1.54) is 36.7 Å². The fourth-order valence-corrected chi connectivity index (χ4v) is 1.97. The number of nitrogens with one attached hydrogen (secondary N) is 1. The number of rotatable bonds is 6. The van der Waals surface area contributed by atoms with Crippen LogP contribution in [0.15, 0.2) is 11.2 Å². The summed E-state index contributed by atoms with van der Waals surface area (Å²) in [6.45, 7) is 0. The van der Waals surface area contributed by atoms with Crippen LogP contribution in [0.4, 0.5) is 5.82 Å². The Balaban J connectivity index is 1.97. The summed E-state index contributed by atoms with van der Waals surface area (Å²) in [4.78, 5) is 19.8. The maximum absolute atomic E-state index is 11.9. The number of aromatic nitrogens is 6. The molecule has 0 unspecified atom stereocenters. The van der Waals surface area contributed by atoms with Gasteiger partial charge in [-0.2, -0.15) is 9.97 Å². The minimum absolute atomic E-state index is 0.106. The quantitative estimate of drug-likeness (QED) is 0.720. The highest BCUT2D eigenvalue weighted by Gasteiger charge is 2.11. The monoisotopic (exact) mass is 311 g/mol. The molecule has 0 radical (unpaired) electrons. The number of anilines is 1. The van der Waals surface area contributed by atoms with Gasteiger partial charge in [0, 0.05) is 13.1 Å². The van der Waals surface area contributed by atoms with Crippen LogP contribution in [0.3, 0.4) is 0 Å². The molecule has 10 nitrogen and oxygen atoms in total. The lowest BCUT2D eigenvalue weighted by Crippen LogP contribution is -2.16. The number of hydrogen-bond acceptors (Lipinski definition) is 9. The number of thioether (sulfide) groups is 1. The van der Waals surface area contributed by atoms with Gasteiger partial charge in [-0.25, -0.2) is 4.68 Å². The summed E-state index contributed by atoms with van der Waals surface area (Å²) in [6, 6.07) is 1.60. The number of methoxy groups -OCH3 is 2. The molecule has 21 heavy (non-hydrogen) atoms. The first-order valence-corrected chi connectivity index (χ1v) is 6.73. The summed E-state index contributed by atoms with van der Waals surface area (Å²) in [5.41, 5.74) is 0. The molecule has 0 atom stereocenters. The Morgan fingerprint density at radius 2 is 2.19 bits per heavy atom. The minimum Gasteiger partial charge on any atom is -0.481 e. The predicted molar refractivity (Wildman–Crippen MR) is 73.3 cm³/mol. The first kappa shape index (κ1) is 15.0. The fraction of sp³-hybridized carbons (Fsp3) is 0.400. The number of nitrogens with zero attached hydrogens (tertiary/aromatic N) is 6. The molecule has 0 fully saturated rings. The Kier molecular flexibility index (Phi) is 4.87. The average Bonchev–Trinajstić information content (AvgIpc) is 2.90. The van der Waals surface area contributed by atoms with E-state index >= 15 is 0 Å². The van der Waals surface area contributed by atoms with Gasteiger partial charge < -0.3 is 14.8 Å². The lowest BCUT2D eigenvalue weighted by atomic mass is 10.5. The molecule has 0 saturated heterocycles. The summed E-state index contributed by atoms with van der Waals surface area (Å²) in [6.07, 6.45) is 0. The Morgan fingerprint density at radius 1 is 1.38 bits per heavy atom. The van der Waals surface area contributed by atoms with Gasteiger partial charge in [0.05, 0.1) is 20.0 Å². The van der Waals surface area contributed by atoms with E-state index in [2.05, 4.69) is 30.8 Å². The molecule has 1 amide bonds. The van der Waals surface area contributed by atoms with Gasteiger partial charge in [0.25, 0.3) is 0 Å². The summed E-state index contributed by atoms with van der Waals surface area (Å²) in [5, 5.41) is 14.1. The summed E-state index contributed by atoms with van der Waals surface area (Å²) >= 11 is 1.21. The third-order valence-electron chi connectivity index (χ3n) is 2.25. The van der Waals surface area contributed by atoms with Crippen molar-refractivity contribution < 1.29 is 14.3 Å². The fourth-order valence-electron chi connectivity index (χ4n) is 1.32. The van der Waals surface area contributed by atoms with Crippen LogP contribution in [-0.4, -0.2) is 56.1 Å². The second-order valence-electron chi connectivity index (χ2n) is 3.70. The van der Waals surface area contributed by atoms with Crippen molar-refractivity contribution in [2.45, 2.75) is 5.16 Å². The lowest BCUT2D eigenvalue weighted by Gasteiger charge is -2.07. The molecule has 11 heteroatoms. The van der Waals surface area contributed by atoms with Crippen molar-refractivity contribution in [1.82, 2.24) is 30.2 Å². The van der Waals surface area contributed by atoms with E-state index in [-0.39, 0.29) is 17.7 Å². The van der Waals surface area contributed by atoms with Crippen LogP contribution in [0.5, 0.6) is 11.9 Å². The average molecular weight is 311 g/mol. The number of carbonyl (C=O) groups is 1. The van der Waals surface area contributed by atoms with Crippen LogP contribution >= 0.6 is 11.8 Å². The molecule has 2 rings (SSSR count). The van der Waals surface area contributed by atoms with Crippen LogP contribution in [-0.2, 0) is 11.8 Å². The van der Waals surface area contributed by atoms with Crippen molar-refractivity contribution >= 4 is 23.5 Å². The van der Waals surface area contributed by atoms with Crippen LogP contribution in [0.25, 0.3) is 0 Å². The number of aryl methyl sites for hydroxylation is 1. The number of amides is 1. The van der Waals surface area contributed by atoms with E-state index in [0.29, 0.717) is 16.9 Å². The molecule has 0 aliphatic carbocycles. The molecule has 0 saturated carbocycles. The van der Waals surface area contributed by atoms with E-state index in [4.69, 9.17) is 9.47 Å². The number of hydrogen-bond donors (Lipinski definition) is 1. The lowest BCUT2D eigenvalue weighted by molar-refractivity contribution is -0.113. The maximum atomic E-state index is 11.9. The molecule has 2 heterocycles. The van der Waals surface area contributed by atoms with Gasteiger partial charge in [-0.3, -0.25) is 4.79 Å². The van der Waals surface area contributed by atoms with Crippen LogP contribution in [0, 0.1) is 0 Å². The molecular weight excluding hydrogens is 298 g/mol. The Labute approximate surface area is 124 Å². The van der Waals surface area contributed by atoms with Crippen molar-refractivity contribution in [3.63, 3.8) is 0 Å². The SMILES string of the molecule is COc1cc(NC(=O)CSc2nnnn2C)nc(OC)n1. The van der Waals surface area contributed by atoms with E-state index in [0.717, 1.165) is 0 Å². The number of tetrazole rings is 1. The third-order valence-corrected chi connectivity index (χ3v) is 3.27. The largest absolute Gasteiger partial charge is 0.481 e. The maximum Gasteiger partial charge on any atom is 0.321 e. The van der Waals surface area contributed by atoms with Gasteiger partial charge >= 0.3 is 6.01 Å². The molecular formula is C10H13N7O3S. The van der Waals surface area contributed by atoms with E-state index in [1.807, 2.05) is 0 Å². The Morgan fingerprint density at radius 3 is 2.81 bits per heavy atom. The van der Waals surface area contributed by atoms with Gasteiger partial charge in [0.15, 0.2) is 0 Å². The zero-order valence-electron chi connectivity index (χ0n) is 11.6. The third kappa shape index (κ3) is 4.02. The molecule has 112 valence electrons. The zero-order chi connectivity index (χ0) is 15.2.